The van der Waals surface area contributed by atoms with Crippen molar-refractivity contribution in [1.82, 2.24) is 9.88 Å². The Bertz CT molecular complexity index is 1060. The van der Waals surface area contributed by atoms with Gasteiger partial charge in [-0.25, -0.2) is 4.39 Å². The van der Waals surface area contributed by atoms with Gasteiger partial charge in [-0.3, -0.25) is 9.79 Å². The fraction of sp³-hybridized carbons (Fsp3) is 0.533. The predicted octanol–water partition coefficient (Wildman–Crippen LogP) is 5.54. The molecule has 0 aliphatic heterocycles. The highest BCUT2D eigenvalue weighted by molar-refractivity contribution is 5.92. The van der Waals surface area contributed by atoms with Crippen molar-refractivity contribution in [2.24, 2.45) is 18.0 Å². The number of aliphatic imine (C=N–C) groups is 1. The van der Waals surface area contributed by atoms with Crippen LogP contribution in [0, 0.1) is 11.7 Å². The van der Waals surface area contributed by atoms with Crippen LogP contribution < -0.4 is 25.9 Å². The van der Waals surface area contributed by atoms with E-state index in [1.54, 1.807) is 43.1 Å². The van der Waals surface area contributed by atoms with Crippen molar-refractivity contribution in [2.75, 3.05) is 25.5 Å². The Morgan fingerprint density at radius 2 is 1.86 bits per heavy atom. The molecule has 0 amide bonds. The zero-order valence-electron chi connectivity index (χ0n) is 24.5. The first-order chi connectivity index (χ1) is 17.6. The minimum absolute atomic E-state index is 0.0394. The first-order valence-electron chi connectivity index (χ1n) is 13.2. The van der Waals surface area contributed by atoms with Crippen molar-refractivity contribution in [3.63, 3.8) is 0 Å². The largest absolute Gasteiger partial charge is 0.489 e. The first-order valence-corrected chi connectivity index (χ1v) is 13.2. The molecule has 0 aliphatic carbocycles. The fourth-order valence-electron chi connectivity index (χ4n) is 3.57. The summed E-state index contributed by atoms with van der Waals surface area (Å²) >= 11 is 0. The van der Waals surface area contributed by atoms with Gasteiger partial charge >= 0.3 is 0 Å². The molecule has 2 N–H and O–H groups in total. The van der Waals surface area contributed by atoms with Gasteiger partial charge in [0.05, 0.1) is 29.0 Å². The number of halogens is 1. The maximum Gasteiger partial charge on any atom is 0.176 e. The summed E-state index contributed by atoms with van der Waals surface area (Å²) in [4.78, 5) is 15.2. The summed E-state index contributed by atoms with van der Waals surface area (Å²) in [5.74, 6) is 1.25. The maximum absolute atomic E-state index is 12.8. The highest BCUT2D eigenvalue weighted by atomic mass is 19.1. The molecule has 0 saturated carbocycles. The minimum Gasteiger partial charge on any atom is -0.489 e. The number of carbonyl (C=O) groups excluding carboxylic acids is 1. The molecular weight excluding hydrogens is 467 g/mol. The van der Waals surface area contributed by atoms with Gasteiger partial charge in [-0.1, -0.05) is 40.2 Å². The Kier molecular flexibility index (Phi) is 17.7. The van der Waals surface area contributed by atoms with Crippen molar-refractivity contribution in [3.05, 3.63) is 46.3 Å². The molecule has 0 radical (unpaired) electrons. The van der Waals surface area contributed by atoms with E-state index in [0.717, 1.165) is 28.7 Å². The molecule has 7 heteroatoms. The van der Waals surface area contributed by atoms with Crippen LogP contribution in [0.15, 0.2) is 29.3 Å². The van der Waals surface area contributed by atoms with E-state index in [0.29, 0.717) is 11.4 Å². The van der Waals surface area contributed by atoms with Crippen LogP contribution in [0.4, 0.5) is 10.1 Å². The Hall–Kier alpha value is -2.93. The van der Waals surface area contributed by atoms with Gasteiger partial charge < -0.3 is 19.9 Å². The molecule has 1 heterocycles. The molecule has 1 aromatic heterocycles. The number of carbonyl (C=O) groups is 1. The molecule has 0 saturated heterocycles. The molecule has 0 unspecified atom stereocenters. The number of ether oxygens (including phenoxy) is 1. The van der Waals surface area contributed by atoms with Crippen LogP contribution >= 0.6 is 0 Å². The van der Waals surface area contributed by atoms with Crippen LogP contribution in [0.1, 0.15) is 78.2 Å². The van der Waals surface area contributed by atoms with Gasteiger partial charge in [0, 0.05) is 33.3 Å². The van der Waals surface area contributed by atoms with Crippen LogP contribution in [-0.4, -0.2) is 42.8 Å². The summed E-state index contributed by atoms with van der Waals surface area (Å²) in [6.45, 7) is 20.1. The molecule has 37 heavy (non-hydrogen) atoms. The van der Waals surface area contributed by atoms with Crippen LogP contribution in [0.3, 0.4) is 0 Å². The highest BCUT2D eigenvalue weighted by Crippen LogP contribution is 2.25. The van der Waals surface area contributed by atoms with E-state index in [9.17, 15) is 9.18 Å². The summed E-state index contributed by atoms with van der Waals surface area (Å²) < 4.78 is 20.0. The second-order valence-corrected chi connectivity index (χ2v) is 8.97. The maximum atomic E-state index is 12.8. The van der Waals surface area contributed by atoms with E-state index in [1.165, 1.54) is 37.9 Å². The first kappa shape index (κ1) is 34.1. The molecule has 0 atom stereocenters. The quantitative estimate of drug-likeness (QED) is 0.234. The number of benzene rings is 1. The normalized spacial score (nSPS) is 11.3. The number of nitrogens with zero attached hydrogens (tertiary/aromatic N) is 2. The molecule has 6 nitrogen and oxygen atoms in total. The highest BCUT2D eigenvalue weighted by Gasteiger charge is 2.06. The lowest BCUT2D eigenvalue weighted by atomic mass is 10.00. The second-order valence-electron chi connectivity index (χ2n) is 8.97. The standard InChI is InChI=1S/C11H14N2O.C10H14FNO.C9H21N/c1-5-12-7-11-8(2)6-10(9(3)14)13(11)4;1-7(2)13-10-6-8(11)4-5-9(10)12-3;1-4-9(5-2)7-8-10-6-3/h5-7H,2H2,1,3-4H3;4-7,12H,1-3H3;9-10H,4-8H2,1-3H3/b11-7+,12-5?;;. The van der Waals surface area contributed by atoms with Crippen LogP contribution in [0.5, 0.6) is 5.75 Å². The Morgan fingerprint density at radius 3 is 2.32 bits per heavy atom. The smallest absolute Gasteiger partial charge is 0.176 e. The third-order valence-corrected chi connectivity index (χ3v) is 5.78. The van der Waals surface area contributed by atoms with E-state index >= 15 is 0 Å². The molecule has 0 bridgehead atoms. The molecule has 208 valence electrons. The van der Waals surface area contributed by atoms with E-state index in [4.69, 9.17) is 4.74 Å². The number of anilines is 1. The molecule has 2 rings (SSSR count). The van der Waals surface area contributed by atoms with Gasteiger partial charge in [0.25, 0.3) is 0 Å². The van der Waals surface area contributed by atoms with Gasteiger partial charge in [0.1, 0.15) is 11.6 Å². The Balaban J connectivity index is 0.000000534. The Labute approximate surface area is 223 Å². The molecule has 0 fully saturated rings. The number of nitrogens with one attached hydrogen (secondary N) is 2. The van der Waals surface area contributed by atoms with Gasteiger partial charge in [-0.2, -0.15) is 0 Å². The van der Waals surface area contributed by atoms with Crippen molar-refractivity contribution in [1.29, 1.82) is 0 Å². The Morgan fingerprint density at radius 1 is 1.22 bits per heavy atom. The lowest BCUT2D eigenvalue weighted by Gasteiger charge is -2.13. The van der Waals surface area contributed by atoms with Crippen molar-refractivity contribution >= 4 is 30.5 Å². The monoisotopic (exact) mass is 516 g/mol. The van der Waals surface area contributed by atoms with Gasteiger partial charge in [-0.15, -0.1) is 0 Å². The fourth-order valence-corrected chi connectivity index (χ4v) is 3.57. The minimum atomic E-state index is -0.283. The number of aromatic nitrogens is 1. The number of hydrogen-bond acceptors (Lipinski definition) is 5. The lowest BCUT2D eigenvalue weighted by molar-refractivity contribution is 0.101. The van der Waals surface area contributed by atoms with Crippen molar-refractivity contribution in [3.8, 4) is 5.75 Å². The summed E-state index contributed by atoms with van der Waals surface area (Å²) in [6.07, 6.45) is 7.47. The third-order valence-electron chi connectivity index (χ3n) is 5.78. The third kappa shape index (κ3) is 13.3. The summed E-state index contributed by atoms with van der Waals surface area (Å²) in [5, 5.41) is 7.98. The van der Waals surface area contributed by atoms with E-state index in [-0.39, 0.29) is 17.7 Å². The van der Waals surface area contributed by atoms with E-state index in [1.807, 2.05) is 27.8 Å². The van der Waals surface area contributed by atoms with Gasteiger partial charge in [0.15, 0.2) is 5.78 Å². The van der Waals surface area contributed by atoms with Gasteiger partial charge in [0.2, 0.25) is 0 Å². The average Bonchev–Trinajstić information content (AvgIpc) is 3.14. The zero-order chi connectivity index (χ0) is 28.4. The molecule has 2 aromatic rings. The number of Topliss-reactive ketones (excluding diaryl/α,β-unsaturated/α-hetero) is 1. The van der Waals surface area contributed by atoms with E-state index < -0.39 is 0 Å². The summed E-state index contributed by atoms with van der Waals surface area (Å²) in [7, 11) is 3.61. The number of ketones is 1. The number of rotatable bonds is 11. The predicted molar refractivity (Wildman–Crippen MR) is 158 cm³/mol. The SMILES string of the molecule is C=c1cc(C(C)=O)n(C)/c1=C/N=CC.CCNCCC(CC)CC.CNc1ccc(F)cc1OC(C)C. The summed E-state index contributed by atoms with van der Waals surface area (Å²) in [6, 6.07) is 6.22. The number of hydrogen-bond donors (Lipinski definition) is 2. The topological polar surface area (TPSA) is 67.7 Å². The molecule has 0 spiro atoms. The zero-order valence-corrected chi connectivity index (χ0v) is 24.5. The van der Waals surface area contributed by atoms with E-state index in [2.05, 4.69) is 43.0 Å². The van der Waals surface area contributed by atoms with Crippen molar-refractivity contribution in [2.45, 2.75) is 73.8 Å². The lowest BCUT2D eigenvalue weighted by Crippen LogP contribution is -2.26. The molecule has 1 aromatic carbocycles. The second kappa shape index (κ2) is 19.2. The van der Waals surface area contributed by atoms with Crippen molar-refractivity contribution < 1.29 is 13.9 Å². The van der Waals surface area contributed by atoms with Crippen LogP contribution in [0.2, 0.25) is 0 Å². The molecular formula is C30H49FN4O2. The van der Waals surface area contributed by atoms with Crippen LogP contribution in [-0.2, 0) is 7.05 Å². The summed E-state index contributed by atoms with van der Waals surface area (Å²) in [5.41, 5.74) is 1.46. The van der Waals surface area contributed by atoms with Gasteiger partial charge in [-0.05, 0) is 69.6 Å². The van der Waals surface area contributed by atoms with Crippen LogP contribution in [0.25, 0.3) is 12.8 Å². The molecule has 0 aliphatic rings. The average molecular weight is 517 g/mol.